The van der Waals surface area contributed by atoms with Crippen LogP contribution in [0.5, 0.6) is 17.2 Å². The smallest absolute Gasteiger partial charge is 0.338 e. The van der Waals surface area contributed by atoms with Crippen LogP contribution in [0.3, 0.4) is 0 Å². The fraction of sp³-hybridized carbons (Fsp3) is 0.240. The fourth-order valence-corrected chi connectivity index (χ4v) is 3.73. The van der Waals surface area contributed by atoms with Crippen molar-refractivity contribution in [3.05, 3.63) is 65.5 Å². The molecule has 1 heterocycles. The lowest BCUT2D eigenvalue weighted by molar-refractivity contribution is 0.0601. The molecule has 4 rings (SSSR count). The van der Waals surface area contributed by atoms with Crippen molar-refractivity contribution in [2.24, 2.45) is 0 Å². The van der Waals surface area contributed by atoms with Gasteiger partial charge in [-0.2, -0.15) is 0 Å². The predicted molar refractivity (Wildman–Crippen MR) is 117 cm³/mol. The van der Waals surface area contributed by atoms with Gasteiger partial charge in [-0.05, 0) is 35.9 Å². The number of esters is 1. The molecular weight excluding hydrogens is 415 g/mol. The van der Waals surface area contributed by atoms with E-state index in [-0.39, 0.29) is 5.56 Å². The molecule has 0 bridgehead atoms. The second kappa shape index (κ2) is 9.28. The Kier molecular flexibility index (Phi) is 6.28. The Morgan fingerprint density at radius 2 is 1.75 bits per heavy atom. The summed E-state index contributed by atoms with van der Waals surface area (Å²) < 4.78 is 41.8. The first kappa shape index (κ1) is 21.6. The molecule has 166 valence electrons. The van der Waals surface area contributed by atoms with E-state index >= 15 is 0 Å². The average molecular weight is 438 g/mol. The van der Waals surface area contributed by atoms with Crippen molar-refractivity contribution < 1.29 is 32.9 Å². The second-order valence-electron chi connectivity index (χ2n) is 7.16. The van der Waals surface area contributed by atoms with E-state index in [9.17, 15) is 9.18 Å². The molecule has 32 heavy (non-hydrogen) atoms. The van der Waals surface area contributed by atoms with Gasteiger partial charge in [-0.1, -0.05) is 18.2 Å². The van der Waals surface area contributed by atoms with Crippen LogP contribution in [-0.4, -0.2) is 40.5 Å². The standard InChI is InChI=1S/C25H23FO6/c1-28-8-9-31-24-10-15-14-32-22-13-18(16-6-4-5-7-21(16)26)20(25(27)30-3)11-19(22)17(15)12-23(24)29-2/h4-7,10-13H,8-9,14H2,1-3H3. The summed E-state index contributed by atoms with van der Waals surface area (Å²) in [6.07, 6.45) is 0. The molecule has 0 N–H and O–H groups in total. The maximum atomic E-state index is 14.5. The molecule has 1 aliphatic heterocycles. The largest absolute Gasteiger partial charge is 0.493 e. The van der Waals surface area contributed by atoms with Gasteiger partial charge in [0.05, 0.1) is 26.4 Å². The van der Waals surface area contributed by atoms with E-state index in [1.165, 1.54) is 13.2 Å². The van der Waals surface area contributed by atoms with E-state index < -0.39 is 11.8 Å². The number of hydrogen-bond donors (Lipinski definition) is 0. The summed E-state index contributed by atoms with van der Waals surface area (Å²) in [6, 6.07) is 13.3. The Morgan fingerprint density at radius 3 is 2.47 bits per heavy atom. The van der Waals surface area contributed by atoms with Crippen LogP contribution in [-0.2, 0) is 16.1 Å². The van der Waals surface area contributed by atoms with Crippen LogP contribution in [0.4, 0.5) is 4.39 Å². The van der Waals surface area contributed by atoms with Gasteiger partial charge in [0, 0.05) is 29.4 Å². The molecule has 7 heteroatoms. The van der Waals surface area contributed by atoms with Gasteiger partial charge >= 0.3 is 5.97 Å². The lowest BCUT2D eigenvalue weighted by Gasteiger charge is -2.24. The third kappa shape index (κ3) is 3.99. The summed E-state index contributed by atoms with van der Waals surface area (Å²) in [4.78, 5) is 12.6. The van der Waals surface area contributed by atoms with Crippen LogP contribution in [0.15, 0.2) is 48.5 Å². The number of halogens is 1. The van der Waals surface area contributed by atoms with Gasteiger partial charge in [0.1, 0.15) is 24.8 Å². The molecule has 1 aliphatic rings. The first-order chi connectivity index (χ1) is 15.6. The van der Waals surface area contributed by atoms with Gasteiger partial charge < -0.3 is 23.7 Å². The highest BCUT2D eigenvalue weighted by Gasteiger charge is 2.26. The number of rotatable bonds is 7. The maximum absolute atomic E-state index is 14.5. The van der Waals surface area contributed by atoms with Crippen molar-refractivity contribution in [1.82, 2.24) is 0 Å². The van der Waals surface area contributed by atoms with Gasteiger partial charge in [-0.25, -0.2) is 9.18 Å². The van der Waals surface area contributed by atoms with E-state index in [1.54, 1.807) is 44.6 Å². The lowest BCUT2D eigenvalue weighted by Crippen LogP contribution is -2.11. The van der Waals surface area contributed by atoms with Gasteiger partial charge in [0.25, 0.3) is 0 Å². The minimum atomic E-state index is -0.565. The van der Waals surface area contributed by atoms with Crippen LogP contribution in [0.25, 0.3) is 22.3 Å². The number of carbonyl (C=O) groups is 1. The topological polar surface area (TPSA) is 63.2 Å². The predicted octanol–water partition coefficient (Wildman–Crippen LogP) is 4.87. The Morgan fingerprint density at radius 1 is 0.938 bits per heavy atom. The molecule has 3 aromatic carbocycles. The van der Waals surface area contributed by atoms with E-state index in [0.29, 0.717) is 53.8 Å². The van der Waals surface area contributed by atoms with Crippen LogP contribution >= 0.6 is 0 Å². The number of benzene rings is 3. The number of carbonyl (C=O) groups excluding carboxylic acids is 1. The van der Waals surface area contributed by atoms with Crippen molar-refractivity contribution in [3.63, 3.8) is 0 Å². The van der Waals surface area contributed by atoms with Gasteiger partial charge in [0.15, 0.2) is 11.5 Å². The zero-order valence-corrected chi connectivity index (χ0v) is 18.1. The number of methoxy groups -OCH3 is 3. The second-order valence-corrected chi connectivity index (χ2v) is 7.16. The molecule has 0 aromatic heterocycles. The highest BCUT2D eigenvalue weighted by Crippen LogP contribution is 2.45. The zero-order chi connectivity index (χ0) is 22.7. The molecule has 0 atom stereocenters. The average Bonchev–Trinajstić information content (AvgIpc) is 2.82. The minimum Gasteiger partial charge on any atom is -0.493 e. The highest BCUT2D eigenvalue weighted by molar-refractivity contribution is 6.00. The fourth-order valence-electron chi connectivity index (χ4n) is 3.73. The number of ether oxygens (including phenoxy) is 5. The van der Waals surface area contributed by atoms with Gasteiger partial charge in [0.2, 0.25) is 0 Å². The van der Waals surface area contributed by atoms with Crippen molar-refractivity contribution in [3.8, 4) is 39.5 Å². The first-order valence-corrected chi connectivity index (χ1v) is 10.0. The van der Waals surface area contributed by atoms with Gasteiger partial charge in [-0.15, -0.1) is 0 Å². The number of hydrogen-bond acceptors (Lipinski definition) is 6. The molecule has 3 aromatic rings. The van der Waals surface area contributed by atoms with Crippen LogP contribution in [0, 0.1) is 5.82 Å². The van der Waals surface area contributed by atoms with Crippen molar-refractivity contribution in [2.45, 2.75) is 6.61 Å². The first-order valence-electron chi connectivity index (χ1n) is 10.0. The minimum absolute atomic E-state index is 0.243. The molecule has 0 unspecified atom stereocenters. The zero-order valence-electron chi connectivity index (χ0n) is 18.1. The Hall–Kier alpha value is -3.58. The van der Waals surface area contributed by atoms with E-state index in [0.717, 1.165) is 11.1 Å². The van der Waals surface area contributed by atoms with E-state index in [1.807, 2.05) is 12.1 Å². The SMILES string of the molecule is COCCOc1cc2c(cc1OC)-c1cc(C(=O)OC)c(-c3ccccc3F)cc1OC2. The van der Waals surface area contributed by atoms with Crippen LogP contribution in [0.1, 0.15) is 15.9 Å². The Labute approximate surface area is 185 Å². The molecule has 0 aliphatic carbocycles. The highest BCUT2D eigenvalue weighted by atomic mass is 19.1. The van der Waals surface area contributed by atoms with E-state index in [2.05, 4.69) is 0 Å². The Bertz CT molecular complexity index is 1160. The summed E-state index contributed by atoms with van der Waals surface area (Å²) in [7, 11) is 4.46. The number of fused-ring (bicyclic) bond motifs is 3. The van der Waals surface area contributed by atoms with Crippen molar-refractivity contribution in [2.75, 3.05) is 34.5 Å². The van der Waals surface area contributed by atoms with Crippen molar-refractivity contribution in [1.29, 1.82) is 0 Å². The summed E-state index contributed by atoms with van der Waals surface area (Å²) in [5.74, 6) is 0.661. The summed E-state index contributed by atoms with van der Waals surface area (Å²) in [5, 5.41) is 0. The molecule has 0 saturated heterocycles. The van der Waals surface area contributed by atoms with Crippen molar-refractivity contribution >= 4 is 5.97 Å². The normalized spacial score (nSPS) is 11.8. The molecule has 0 radical (unpaired) electrons. The van der Waals surface area contributed by atoms with Crippen LogP contribution in [0.2, 0.25) is 0 Å². The summed E-state index contributed by atoms with van der Waals surface area (Å²) in [5.41, 5.74) is 3.35. The molecular formula is C25H23FO6. The lowest BCUT2D eigenvalue weighted by atomic mass is 9.90. The Balaban J connectivity index is 1.85. The van der Waals surface area contributed by atoms with Crippen LogP contribution < -0.4 is 14.2 Å². The molecule has 0 amide bonds. The van der Waals surface area contributed by atoms with E-state index in [4.69, 9.17) is 23.7 Å². The maximum Gasteiger partial charge on any atom is 0.338 e. The summed E-state index contributed by atoms with van der Waals surface area (Å²) >= 11 is 0. The monoisotopic (exact) mass is 438 g/mol. The molecule has 0 spiro atoms. The van der Waals surface area contributed by atoms with Gasteiger partial charge in [-0.3, -0.25) is 0 Å². The molecule has 0 fully saturated rings. The quantitative estimate of drug-likeness (QED) is 0.387. The molecule has 0 saturated carbocycles. The third-order valence-electron chi connectivity index (χ3n) is 5.30. The third-order valence-corrected chi connectivity index (χ3v) is 5.30. The molecule has 6 nitrogen and oxygen atoms in total. The summed E-state index contributed by atoms with van der Waals surface area (Å²) in [6.45, 7) is 1.11.